The number of hydrogen-bond acceptors (Lipinski definition) is 6. The predicted octanol–water partition coefficient (Wildman–Crippen LogP) is 2.27. The van der Waals surface area contributed by atoms with E-state index in [-0.39, 0.29) is 35.7 Å². The Morgan fingerprint density at radius 3 is 2.25 bits per heavy atom. The molecule has 1 heterocycles. The topological polar surface area (TPSA) is 101 Å². The van der Waals surface area contributed by atoms with Crippen molar-refractivity contribution in [3.05, 3.63) is 71.0 Å². The number of rotatable bonds is 10. The zero-order valence-electron chi connectivity index (χ0n) is 17.4. The van der Waals surface area contributed by atoms with Crippen molar-refractivity contribution < 1.29 is 27.2 Å². The molecular weight excluding hydrogens is 455 g/mol. The van der Waals surface area contributed by atoms with Crippen LogP contribution in [0.5, 0.6) is 0 Å². The Morgan fingerprint density at radius 2 is 1.66 bits per heavy atom. The van der Waals surface area contributed by atoms with Crippen LogP contribution in [0, 0.1) is 5.82 Å². The monoisotopic (exact) mass is 478 g/mol. The van der Waals surface area contributed by atoms with Crippen molar-refractivity contribution in [2.24, 2.45) is 0 Å². The van der Waals surface area contributed by atoms with Crippen LogP contribution in [-0.4, -0.2) is 61.4 Å². The molecule has 0 radical (unpaired) electrons. The lowest BCUT2D eigenvalue weighted by molar-refractivity contribution is -0.124. The molecule has 0 saturated carbocycles. The molecule has 1 aliphatic rings. The molecule has 2 aromatic rings. The molecule has 1 N–H and O–H groups in total. The standard InChI is InChI=1S/C22H23FN2O5S2/c1-32(29,30)13-10-19(25-21(27)16-7-3-4-8-17(16)22(25)28)20(26)24-11-12-31-14-15-6-2-5-9-18(15)23/h2-9,19H,10-14H2,1H3,(H,24,26)/t19-/m0/s1. The highest BCUT2D eigenvalue weighted by Gasteiger charge is 2.42. The van der Waals surface area contributed by atoms with Gasteiger partial charge in [0.25, 0.3) is 11.8 Å². The highest BCUT2D eigenvalue weighted by atomic mass is 32.2. The smallest absolute Gasteiger partial charge is 0.262 e. The summed E-state index contributed by atoms with van der Waals surface area (Å²) >= 11 is 1.42. The van der Waals surface area contributed by atoms with Gasteiger partial charge in [-0.3, -0.25) is 19.3 Å². The van der Waals surface area contributed by atoms with Gasteiger partial charge in [-0.2, -0.15) is 11.8 Å². The van der Waals surface area contributed by atoms with Crippen molar-refractivity contribution in [3.63, 3.8) is 0 Å². The largest absolute Gasteiger partial charge is 0.353 e. The molecule has 1 atom stereocenters. The van der Waals surface area contributed by atoms with Crippen molar-refractivity contribution in [3.8, 4) is 0 Å². The van der Waals surface area contributed by atoms with E-state index in [1.165, 1.54) is 30.0 Å². The maximum atomic E-state index is 13.7. The van der Waals surface area contributed by atoms with Crippen LogP contribution in [-0.2, 0) is 20.4 Å². The second-order valence-electron chi connectivity index (χ2n) is 7.40. The quantitative estimate of drug-likeness (QED) is 0.415. The number of benzene rings is 2. The SMILES string of the molecule is CS(=O)(=O)CC[C@@H](C(=O)NCCSCc1ccccc1F)N1C(=O)c2ccccc2C1=O. The van der Waals surface area contributed by atoms with E-state index in [1.807, 2.05) is 0 Å². The van der Waals surface area contributed by atoms with Crippen LogP contribution >= 0.6 is 11.8 Å². The lowest BCUT2D eigenvalue weighted by Gasteiger charge is -2.25. The number of thioether (sulfide) groups is 1. The summed E-state index contributed by atoms with van der Waals surface area (Å²) in [5, 5.41) is 2.67. The average molecular weight is 479 g/mol. The molecule has 0 unspecified atom stereocenters. The van der Waals surface area contributed by atoms with Gasteiger partial charge in [-0.25, -0.2) is 12.8 Å². The molecule has 0 spiro atoms. The zero-order chi connectivity index (χ0) is 23.3. The van der Waals surface area contributed by atoms with E-state index < -0.39 is 33.6 Å². The molecule has 7 nitrogen and oxygen atoms in total. The number of carbonyl (C=O) groups is 3. The second kappa shape index (κ2) is 10.3. The normalized spacial score (nSPS) is 14.4. The first-order valence-corrected chi connectivity index (χ1v) is 13.1. The van der Waals surface area contributed by atoms with Crippen LogP contribution in [0.1, 0.15) is 32.7 Å². The van der Waals surface area contributed by atoms with E-state index in [9.17, 15) is 27.2 Å². The van der Waals surface area contributed by atoms with Crippen LogP contribution < -0.4 is 5.32 Å². The fourth-order valence-electron chi connectivity index (χ4n) is 3.36. The maximum Gasteiger partial charge on any atom is 0.262 e. The van der Waals surface area contributed by atoms with Gasteiger partial charge in [-0.05, 0) is 30.2 Å². The summed E-state index contributed by atoms with van der Waals surface area (Å²) in [7, 11) is -3.42. The summed E-state index contributed by atoms with van der Waals surface area (Å²) in [5.74, 6) is -1.58. The Morgan fingerprint density at radius 1 is 1.06 bits per heavy atom. The molecule has 2 aromatic carbocycles. The van der Waals surface area contributed by atoms with Gasteiger partial charge in [0.2, 0.25) is 5.91 Å². The molecule has 32 heavy (non-hydrogen) atoms. The molecule has 3 amide bonds. The van der Waals surface area contributed by atoms with Crippen molar-refractivity contribution >= 4 is 39.3 Å². The number of nitrogens with zero attached hydrogens (tertiary/aromatic N) is 1. The summed E-state index contributed by atoms with van der Waals surface area (Å²) in [5.41, 5.74) is 0.936. The van der Waals surface area contributed by atoms with E-state index in [0.29, 0.717) is 17.1 Å². The third-order valence-electron chi connectivity index (χ3n) is 4.96. The molecule has 0 saturated heterocycles. The Kier molecular flexibility index (Phi) is 7.68. The van der Waals surface area contributed by atoms with Gasteiger partial charge in [0.15, 0.2) is 0 Å². The molecular formula is C22H23FN2O5S2. The Labute approximate surface area is 190 Å². The molecule has 3 rings (SSSR count). The first kappa shape index (κ1) is 23.9. The van der Waals surface area contributed by atoms with E-state index in [0.717, 1.165) is 11.2 Å². The van der Waals surface area contributed by atoms with Crippen LogP contribution in [0.15, 0.2) is 48.5 Å². The van der Waals surface area contributed by atoms with Gasteiger partial charge in [-0.1, -0.05) is 30.3 Å². The lowest BCUT2D eigenvalue weighted by atomic mass is 10.1. The fraction of sp³-hybridized carbons (Fsp3) is 0.318. The molecule has 0 aliphatic carbocycles. The minimum atomic E-state index is -3.42. The summed E-state index contributed by atoms with van der Waals surface area (Å²) in [6.07, 6.45) is 0.836. The van der Waals surface area contributed by atoms with Crippen LogP contribution in [0.2, 0.25) is 0 Å². The second-order valence-corrected chi connectivity index (χ2v) is 10.8. The van der Waals surface area contributed by atoms with Gasteiger partial charge in [0.1, 0.15) is 21.7 Å². The highest BCUT2D eigenvalue weighted by Crippen LogP contribution is 2.26. The van der Waals surface area contributed by atoms with Gasteiger partial charge in [-0.15, -0.1) is 0 Å². The molecule has 10 heteroatoms. The number of imide groups is 1. The lowest BCUT2D eigenvalue weighted by Crippen LogP contribution is -2.50. The minimum absolute atomic E-state index is 0.190. The van der Waals surface area contributed by atoms with Crippen LogP contribution in [0.3, 0.4) is 0 Å². The van der Waals surface area contributed by atoms with Crippen molar-refractivity contribution in [2.75, 3.05) is 24.3 Å². The fourth-order valence-corrected chi connectivity index (χ4v) is 4.85. The van der Waals surface area contributed by atoms with Crippen LogP contribution in [0.25, 0.3) is 0 Å². The minimum Gasteiger partial charge on any atom is -0.353 e. The zero-order valence-corrected chi connectivity index (χ0v) is 19.0. The first-order chi connectivity index (χ1) is 15.2. The van der Waals surface area contributed by atoms with E-state index in [1.54, 1.807) is 30.3 Å². The van der Waals surface area contributed by atoms with E-state index in [4.69, 9.17) is 0 Å². The van der Waals surface area contributed by atoms with Crippen molar-refractivity contribution in [2.45, 2.75) is 18.2 Å². The third kappa shape index (κ3) is 5.74. The Balaban J connectivity index is 1.64. The number of sulfone groups is 1. The Hall–Kier alpha value is -2.72. The number of nitrogens with one attached hydrogen (secondary N) is 1. The summed E-state index contributed by atoms with van der Waals surface area (Å²) < 4.78 is 37.0. The number of amides is 3. The molecule has 1 aliphatic heterocycles. The number of carbonyl (C=O) groups excluding carboxylic acids is 3. The van der Waals surface area contributed by atoms with Crippen LogP contribution in [0.4, 0.5) is 4.39 Å². The van der Waals surface area contributed by atoms with Gasteiger partial charge >= 0.3 is 0 Å². The molecule has 0 aromatic heterocycles. The van der Waals surface area contributed by atoms with Gasteiger partial charge in [0, 0.05) is 24.3 Å². The van der Waals surface area contributed by atoms with E-state index in [2.05, 4.69) is 5.32 Å². The number of fused-ring (bicyclic) bond motifs is 1. The summed E-state index contributed by atoms with van der Waals surface area (Å²) in [6.45, 7) is 0.219. The molecule has 170 valence electrons. The summed E-state index contributed by atoms with van der Waals surface area (Å²) in [6, 6.07) is 11.4. The van der Waals surface area contributed by atoms with E-state index >= 15 is 0 Å². The molecule has 0 bridgehead atoms. The first-order valence-electron chi connectivity index (χ1n) is 9.92. The summed E-state index contributed by atoms with van der Waals surface area (Å²) in [4.78, 5) is 39.3. The maximum absolute atomic E-state index is 13.7. The van der Waals surface area contributed by atoms with Crippen molar-refractivity contribution in [1.29, 1.82) is 0 Å². The number of halogens is 1. The molecule has 0 fully saturated rings. The third-order valence-corrected chi connectivity index (χ3v) is 6.95. The predicted molar refractivity (Wildman–Crippen MR) is 121 cm³/mol. The average Bonchev–Trinajstić information content (AvgIpc) is 2.99. The number of hydrogen-bond donors (Lipinski definition) is 1. The van der Waals surface area contributed by atoms with Gasteiger partial charge in [0.05, 0.1) is 16.9 Å². The van der Waals surface area contributed by atoms with Crippen molar-refractivity contribution in [1.82, 2.24) is 10.2 Å². The van der Waals surface area contributed by atoms with Gasteiger partial charge < -0.3 is 5.32 Å². The highest BCUT2D eigenvalue weighted by molar-refractivity contribution is 7.98. The Bertz CT molecular complexity index is 1100.